The molecule has 98 valence electrons. The molecular weight excluding hydrogens is 308 g/mol. The Bertz CT molecular complexity index is 647. The fourth-order valence-corrected chi connectivity index (χ4v) is 2.00. The van der Waals surface area contributed by atoms with Crippen LogP contribution in [-0.4, -0.2) is 10.5 Å². The van der Waals surface area contributed by atoms with Gasteiger partial charge in [-0.2, -0.15) is 0 Å². The van der Waals surface area contributed by atoms with Crippen molar-refractivity contribution in [1.29, 1.82) is 0 Å². The molecule has 0 fully saturated rings. The first kappa shape index (κ1) is 13.5. The van der Waals surface area contributed by atoms with Crippen LogP contribution >= 0.6 is 15.9 Å². The van der Waals surface area contributed by atoms with Gasteiger partial charge in [0.25, 0.3) is 5.56 Å². The monoisotopic (exact) mass is 320 g/mol. The maximum atomic E-state index is 11.8. The average Bonchev–Trinajstić information content (AvgIpc) is 2.37. The Balaban J connectivity index is 2.07. The highest BCUT2D eigenvalue weighted by molar-refractivity contribution is 9.10. The molecule has 0 bridgehead atoms. The number of amides is 1. The zero-order valence-electron chi connectivity index (χ0n) is 10.4. The number of pyridine rings is 1. The molecule has 1 heterocycles. The van der Waals surface area contributed by atoms with Crippen LogP contribution in [0.1, 0.15) is 5.56 Å². The second-order valence-corrected chi connectivity index (χ2v) is 5.14. The lowest BCUT2D eigenvalue weighted by Gasteiger charge is -2.07. The number of hydrogen-bond donors (Lipinski definition) is 1. The molecule has 0 saturated carbocycles. The molecule has 2 aromatic rings. The molecule has 0 spiro atoms. The number of rotatable bonds is 3. The van der Waals surface area contributed by atoms with Crippen molar-refractivity contribution in [1.82, 2.24) is 4.57 Å². The number of carbonyl (C=O) groups excluding carboxylic acids is 1. The number of halogens is 1. The molecule has 0 aliphatic rings. The summed E-state index contributed by atoms with van der Waals surface area (Å²) in [5, 5.41) is 2.75. The van der Waals surface area contributed by atoms with Gasteiger partial charge in [0, 0.05) is 22.4 Å². The molecule has 0 saturated heterocycles. The van der Waals surface area contributed by atoms with Crippen molar-refractivity contribution in [3.8, 4) is 0 Å². The summed E-state index contributed by atoms with van der Waals surface area (Å²) < 4.78 is 2.11. The van der Waals surface area contributed by atoms with Crippen LogP contribution in [0.2, 0.25) is 0 Å². The third-order valence-corrected chi connectivity index (χ3v) is 3.07. The molecule has 19 heavy (non-hydrogen) atoms. The van der Waals surface area contributed by atoms with Crippen LogP contribution in [0.15, 0.2) is 51.9 Å². The number of nitrogens with one attached hydrogen (secondary N) is 1. The molecule has 2 rings (SSSR count). The summed E-state index contributed by atoms with van der Waals surface area (Å²) in [7, 11) is 0. The Morgan fingerprint density at radius 1 is 1.21 bits per heavy atom. The van der Waals surface area contributed by atoms with E-state index in [1.807, 2.05) is 31.2 Å². The number of nitrogens with zero attached hydrogens (tertiary/aromatic N) is 1. The summed E-state index contributed by atoms with van der Waals surface area (Å²) in [5.74, 6) is -0.232. The second-order valence-electron chi connectivity index (χ2n) is 4.23. The van der Waals surface area contributed by atoms with Crippen LogP contribution in [0, 0.1) is 6.92 Å². The van der Waals surface area contributed by atoms with Gasteiger partial charge < -0.3 is 9.88 Å². The molecule has 0 unspecified atom stereocenters. The minimum absolute atomic E-state index is 0.00779. The first-order valence-corrected chi connectivity index (χ1v) is 6.56. The molecule has 0 aliphatic carbocycles. The summed E-state index contributed by atoms with van der Waals surface area (Å²) in [5.41, 5.74) is 1.64. The summed E-state index contributed by atoms with van der Waals surface area (Å²) in [4.78, 5) is 23.4. The van der Waals surface area contributed by atoms with Crippen molar-refractivity contribution in [2.75, 3.05) is 5.32 Å². The van der Waals surface area contributed by atoms with Crippen molar-refractivity contribution < 1.29 is 4.79 Å². The second kappa shape index (κ2) is 5.84. The van der Waals surface area contributed by atoms with Crippen LogP contribution in [0.3, 0.4) is 0 Å². The highest BCUT2D eigenvalue weighted by Crippen LogP contribution is 2.09. The van der Waals surface area contributed by atoms with E-state index < -0.39 is 0 Å². The lowest BCUT2D eigenvalue weighted by molar-refractivity contribution is -0.116. The van der Waals surface area contributed by atoms with Crippen LogP contribution < -0.4 is 10.9 Å². The largest absolute Gasteiger partial charge is 0.325 e. The Morgan fingerprint density at radius 3 is 2.58 bits per heavy atom. The molecule has 0 aliphatic heterocycles. The van der Waals surface area contributed by atoms with E-state index in [0.29, 0.717) is 0 Å². The van der Waals surface area contributed by atoms with E-state index in [2.05, 4.69) is 21.2 Å². The number of aromatic nitrogens is 1. The molecular formula is C14H13BrN2O2. The van der Waals surface area contributed by atoms with E-state index in [1.165, 1.54) is 10.6 Å². The van der Waals surface area contributed by atoms with Gasteiger partial charge in [-0.15, -0.1) is 0 Å². The SMILES string of the molecule is Cc1ccc(NC(=O)Cn2cc(Br)ccc2=O)cc1. The van der Waals surface area contributed by atoms with E-state index in [9.17, 15) is 9.59 Å². The summed E-state index contributed by atoms with van der Waals surface area (Å²) in [6.45, 7) is 1.97. The topological polar surface area (TPSA) is 51.1 Å². The Hall–Kier alpha value is -1.88. The smallest absolute Gasteiger partial charge is 0.251 e. The van der Waals surface area contributed by atoms with Gasteiger partial charge in [0.05, 0.1) is 0 Å². The van der Waals surface area contributed by atoms with Gasteiger partial charge in [0.1, 0.15) is 6.54 Å². The lowest BCUT2D eigenvalue weighted by Crippen LogP contribution is -2.26. The van der Waals surface area contributed by atoms with Crippen molar-refractivity contribution in [2.24, 2.45) is 0 Å². The maximum Gasteiger partial charge on any atom is 0.251 e. The van der Waals surface area contributed by atoms with Gasteiger partial charge >= 0.3 is 0 Å². The van der Waals surface area contributed by atoms with Gasteiger partial charge in [-0.3, -0.25) is 9.59 Å². The van der Waals surface area contributed by atoms with Crippen molar-refractivity contribution >= 4 is 27.5 Å². The van der Waals surface area contributed by atoms with Gasteiger partial charge in [-0.25, -0.2) is 0 Å². The van der Waals surface area contributed by atoms with E-state index in [0.717, 1.165) is 15.7 Å². The zero-order chi connectivity index (χ0) is 13.8. The fourth-order valence-electron chi connectivity index (χ4n) is 1.62. The van der Waals surface area contributed by atoms with Crippen LogP contribution in [-0.2, 0) is 11.3 Å². The molecule has 1 aromatic heterocycles. The predicted octanol–water partition coefficient (Wildman–Crippen LogP) is 2.56. The zero-order valence-corrected chi connectivity index (χ0v) is 12.0. The Kier molecular flexibility index (Phi) is 4.16. The van der Waals surface area contributed by atoms with E-state index in [1.54, 1.807) is 12.3 Å². The number of carbonyl (C=O) groups is 1. The molecule has 0 radical (unpaired) electrons. The highest BCUT2D eigenvalue weighted by atomic mass is 79.9. The third-order valence-electron chi connectivity index (χ3n) is 2.60. The summed E-state index contributed by atoms with van der Waals surface area (Å²) >= 11 is 3.27. The first-order chi connectivity index (χ1) is 9.04. The summed E-state index contributed by atoms with van der Waals surface area (Å²) in [6.07, 6.45) is 1.59. The average molecular weight is 321 g/mol. The predicted molar refractivity (Wildman–Crippen MR) is 78.2 cm³/mol. The van der Waals surface area contributed by atoms with Crippen LogP contribution in [0.4, 0.5) is 5.69 Å². The molecule has 0 atom stereocenters. The molecule has 4 nitrogen and oxygen atoms in total. The quantitative estimate of drug-likeness (QED) is 0.944. The van der Waals surface area contributed by atoms with Gasteiger partial charge in [0.2, 0.25) is 5.91 Å². The summed E-state index contributed by atoms with van der Waals surface area (Å²) in [6, 6.07) is 10.6. The van der Waals surface area contributed by atoms with Crippen molar-refractivity contribution in [3.63, 3.8) is 0 Å². The first-order valence-electron chi connectivity index (χ1n) is 5.77. The standard InChI is InChI=1S/C14H13BrN2O2/c1-10-2-5-12(6-3-10)16-13(18)9-17-8-11(15)4-7-14(17)19/h2-8H,9H2,1H3,(H,16,18). The van der Waals surface area contributed by atoms with E-state index in [-0.39, 0.29) is 18.0 Å². The third kappa shape index (κ3) is 3.79. The van der Waals surface area contributed by atoms with Crippen molar-refractivity contribution in [3.05, 3.63) is 63.0 Å². The maximum absolute atomic E-state index is 11.8. The molecule has 1 aromatic carbocycles. The molecule has 1 amide bonds. The van der Waals surface area contributed by atoms with Gasteiger partial charge in [0.15, 0.2) is 0 Å². The normalized spacial score (nSPS) is 10.2. The minimum Gasteiger partial charge on any atom is -0.325 e. The number of anilines is 1. The molecule has 5 heteroatoms. The number of hydrogen-bond acceptors (Lipinski definition) is 2. The van der Waals surface area contributed by atoms with Crippen LogP contribution in [0.25, 0.3) is 0 Å². The fraction of sp³-hybridized carbons (Fsp3) is 0.143. The number of aryl methyl sites for hydroxylation is 1. The number of benzene rings is 1. The lowest BCUT2D eigenvalue weighted by atomic mass is 10.2. The van der Waals surface area contributed by atoms with Crippen LogP contribution in [0.5, 0.6) is 0 Å². The van der Waals surface area contributed by atoms with Gasteiger partial charge in [-0.1, -0.05) is 17.7 Å². The molecule has 1 N–H and O–H groups in total. The Labute approximate surface area is 119 Å². The van der Waals surface area contributed by atoms with E-state index in [4.69, 9.17) is 0 Å². The minimum atomic E-state index is -0.232. The highest BCUT2D eigenvalue weighted by Gasteiger charge is 2.05. The van der Waals surface area contributed by atoms with E-state index >= 15 is 0 Å². The Morgan fingerprint density at radius 2 is 1.89 bits per heavy atom. The van der Waals surface area contributed by atoms with Gasteiger partial charge in [-0.05, 0) is 41.1 Å². The van der Waals surface area contributed by atoms with Crippen molar-refractivity contribution in [2.45, 2.75) is 13.5 Å².